The van der Waals surface area contributed by atoms with E-state index in [1.54, 1.807) is 13.8 Å². The summed E-state index contributed by atoms with van der Waals surface area (Å²) in [6, 6.07) is 5.78. The highest BCUT2D eigenvalue weighted by Gasteiger charge is 2.35. The van der Waals surface area contributed by atoms with Crippen molar-refractivity contribution in [3.63, 3.8) is 0 Å². The lowest BCUT2D eigenvalue weighted by Gasteiger charge is -2.39. The molecule has 0 spiro atoms. The zero-order valence-corrected chi connectivity index (χ0v) is 10.8. The van der Waals surface area contributed by atoms with Gasteiger partial charge in [0.15, 0.2) is 0 Å². The first-order valence-corrected chi connectivity index (χ1v) is 5.51. The van der Waals surface area contributed by atoms with Crippen LogP contribution in [0, 0.1) is 6.92 Å². The van der Waals surface area contributed by atoms with E-state index < -0.39 is 11.1 Å². The molecule has 0 aliphatic carbocycles. The van der Waals surface area contributed by atoms with Gasteiger partial charge < -0.3 is 16.2 Å². The molecule has 0 aromatic heterocycles. The molecule has 3 nitrogen and oxygen atoms in total. The number of aryl methyl sites for hydroxylation is 1. The Bertz CT molecular complexity index is 358. The second-order valence-electron chi connectivity index (χ2n) is 5.35. The Morgan fingerprint density at radius 1 is 1.19 bits per heavy atom. The Labute approximate surface area is 97.7 Å². The number of hydrogen-bond donors (Lipinski definition) is 3. The van der Waals surface area contributed by atoms with Crippen LogP contribution in [0.2, 0.25) is 0 Å². The second-order valence-corrected chi connectivity index (χ2v) is 5.35. The van der Waals surface area contributed by atoms with Gasteiger partial charge in [-0.15, -0.1) is 0 Å². The topological polar surface area (TPSA) is 58.3 Å². The summed E-state index contributed by atoms with van der Waals surface area (Å²) in [5, 5.41) is 13.4. The summed E-state index contributed by atoms with van der Waals surface area (Å²) >= 11 is 0. The molecular formula is C13H22N2O. The molecule has 0 saturated carbocycles. The van der Waals surface area contributed by atoms with E-state index in [1.165, 1.54) is 0 Å². The van der Waals surface area contributed by atoms with Crippen LogP contribution in [0.3, 0.4) is 0 Å². The molecule has 0 fully saturated rings. The van der Waals surface area contributed by atoms with Crippen LogP contribution in [0.1, 0.15) is 33.3 Å². The fourth-order valence-electron chi connectivity index (χ4n) is 1.33. The molecule has 4 N–H and O–H groups in total. The van der Waals surface area contributed by atoms with Gasteiger partial charge in [-0.05, 0) is 46.2 Å². The summed E-state index contributed by atoms with van der Waals surface area (Å²) in [5.74, 6) is 0. The van der Waals surface area contributed by atoms with Crippen molar-refractivity contribution < 1.29 is 5.11 Å². The Hall–Kier alpha value is -1.22. The average Bonchev–Trinajstić information content (AvgIpc) is 2.10. The normalized spacial score (nSPS) is 12.6. The summed E-state index contributed by atoms with van der Waals surface area (Å²) in [6.07, 6.45) is 0. The van der Waals surface area contributed by atoms with E-state index in [9.17, 15) is 5.11 Å². The van der Waals surface area contributed by atoms with Crippen LogP contribution in [-0.2, 0) is 0 Å². The minimum atomic E-state index is -0.832. The maximum atomic E-state index is 10.1. The van der Waals surface area contributed by atoms with E-state index in [-0.39, 0.29) is 0 Å². The van der Waals surface area contributed by atoms with Crippen molar-refractivity contribution in [1.29, 1.82) is 0 Å². The van der Waals surface area contributed by atoms with Crippen molar-refractivity contribution in [2.75, 3.05) is 11.1 Å². The van der Waals surface area contributed by atoms with Gasteiger partial charge in [-0.2, -0.15) is 0 Å². The summed E-state index contributed by atoms with van der Waals surface area (Å²) in [6.45, 7) is 9.49. The molecule has 0 radical (unpaired) electrons. The molecule has 0 atom stereocenters. The summed E-state index contributed by atoms with van der Waals surface area (Å²) < 4.78 is 0. The van der Waals surface area contributed by atoms with Gasteiger partial charge in [0.1, 0.15) is 0 Å². The molecule has 0 heterocycles. The van der Waals surface area contributed by atoms with E-state index >= 15 is 0 Å². The van der Waals surface area contributed by atoms with Gasteiger partial charge in [0.25, 0.3) is 0 Å². The third kappa shape index (κ3) is 2.47. The molecule has 1 aromatic rings. The maximum Gasteiger partial charge on any atom is 0.0814 e. The zero-order chi connectivity index (χ0) is 12.6. The van der Waals surface area contributed by atoms with Crippen LogP contribution in [0.25, 0.3) is 0 Å². The van der Waals surface area contributed by atoms with Gasteiger partial charge in [0, 0.05) is 0 Å². The monoisotopic (exact) mass is 222 g/mol. The minimum Gasteiger partial charge on any atom is -0.397 e. The van der Waals surface area contributed by atoms with Crippen LogP contribution < -0.4 is 11.1 Å². The number of hydrogen-bond acceptors (Lipinski definition) is 3. The van der Waals surface area contributed by atoms with Gasteiger partial charge in [0.2, 0.25) is 0 Å². The fourth-order valence-corrected chi connectivity index (χ4v) is 1.33. The van der Waals surface area contributed by atoms with Crippen molar-refractivity contribution in [2.45, 2.75) is 45.8 Å². The molecule has 1 aromatic carbocycles. The number of para-hydroxylation sites is 1. The largest absolute Gasteiger partial charge is 0.397 e. The van der Waals surface area contributed by atoms with Crippen molar-refractivity contribution in [1.82, 2.24) is 0 Å². The minimum absolute atomic E-state index is 0.451. The van der Waals surface area contributed by atoms with E-state index in [2.05, 4.69) is 5.32 Å². The number of nitrogens with two attached hydrogens (primary N) is 1. The van der Waals surface area contributed by atoms with E-state index in [0.29, 0.717) is 5.69 Å². The number of nitrogens with one attached hydrogen (secondary N) is 1. The number of anilines is 2. The number of aliphatic hydroxyl groups is 1. The van der Waals surface area contributed by atoms with Crippen LogP contribution in [0.5, 0.6) is 0 Å². The standard InChI is InChI=1S/C13H22N2O/c1-9-7-6-8-10(14)11(9)15-12(2,3)13(4,5)16/h6-8,15-16H,14H2,1-5H3. The van der Waals surface area contributed by atoms with Gasteiger partial charge in [-0.25, -0.2) is 0 Å². The van der Waals surface area contributed by atoms with Crippen LogP contribution in [0.15, 0.2) is 18.2 Å². The molecule has 90 valence electrons. The molecule has 0 aliphatic rings. The third-order valence-electron chi connectivity index (χ3n) is 3.27. The molecule has 0 amide bonds. The highest BCUT2D eigenvalue weighted by atomic mass is 16.3. The lowest BCUT2D eigenvalue weighted by Crippen LogP contribution is -2.51. The van der Waals surface area contributed by atoms with Crippen LogP contribution in [0.4, 0.5) is 11.4 Å². The molecule has 1 rings (SSSR count). The highest BCUT2D eigenvalue weighted by molar-refractivity contribution is 5.70. The fraction of sp³-hybridized carbons (Fsp3) is 0.538. The lowest BCUT2D eigenvalue weighted by atomic mass is 9.85. The SMILES string of the molecule is Cc1cccc(N)c1NC(C)(C)C(C)(C)O. The molecular weight excluding hydrogens is 200 g/mol. The van der Waals surface area contributed by atoms with E-state index in [1.807, 2.05) is 39.0 Å². The van der Waals surface area contributed by atoms with Crippen molar-refractivity contribution in [2.24, 2.45) is 0 Å². The maximum absolute atomic E-state index is 10.1. The second kappa shape index (κ2) is 3.98. The van der Waals surface area contributed by atoms with E-state index in [4.69, 9.17) is 5.73 Å². The number of benzene rings is 1. The Balaban J connectivity index is 3.06. The van der Waals surface area contributed by atoms with Crippen LogP contribution >= 0.6 is 0 Å². The number of rotatable bonds is 3. The Morgan fingerprint density at radius 2 is 1.75 bits per heavy atom. The quantitative estimate of drug-likeness (QED) is 0.689. The lowest BCUT2D eigenvalue weighted by molar-refractivity contribution is 0.0240. The average molecular weight is 222 g/mol. The van der Waals surface area contributed by atoms with Gasteiger partial charge >= 0.3 is 0 Å². The first-order valence-electron chi connectivity index (χ1n) is 5.51. The van der Waals surface area contributed by atoms with Gasteiger partial charge in [-0.3, -0.25) is 0 Å². The van der Waals surface area contributed by atoms with Gasteiger partial charge in [0.05, 0.1) is 22.5 Å². The van der Waals surface area contributed by atoms with Crippen LogP contribution in [-0.4, -0.2) is 16.2 Å². The predicted octanol–water partition coefficient (Wildman–Crippen LogP) is 2.54. The molecule has 16 heavy (non-hydrogen) atoms. The molecule has 3 heteroatoms. The Kier molecular flexibility index (Phi) is 3.20. The first-order chi connectivity index (χ1) is 7.15. The summed E-state index contributed by atoms with van der Waals surface area (Å²) in [7, 11) is 0. The smallest absolute Gasteiger partial charge is 0.0814 e. The number of nitrogen functional groups attached to an aromatic ring is 1. The van der Waals surface area contributed by atoms with Crippen molar-refractivity contribution in [3.05, 3.63) is 23.8 Å². The van der Waals surface area contributed by atoms with E-state index in [0.717, 1.165) is 11.3 Å². The summed E-state index contributed by atoms with van der Waals surface area (Å²) in [5.41, 5.74) is 7.33. The van der Waals surface area contributed by atoms with Crippen molar-refractivity contribution in [3.8, 4) is 0 Å². The zero-order valence-electron chi connectivity index (χ0n) is 10.8. The Morgan fingerprint density at radius 3 is 2.19 bits per heavy atom. The molecule has 0 unspecified atom stereocenters. The van der Waals surface area contributed by atoms with Crippen molar-refractivity contribution >= 4 is 11.4 Å². The molecule has 0 bridgehead atoms. The van der Waals surface area contributed by atoms with Gasteiger partial charge in [-0.1, -0.05) is 12.1 Å². The summed E-state index contributed by atoms with van der Waals surface area (Å²) in [4.78, 5) is 0. The molecule has 0 saturated heterocycles. The first kappa shape index (κ1) is 12.8. The predicted molar refractivity (Wildman–Crippen MR) is 69.6 cm³/mol. The highest BCUT2D eigenvalue weighted by Crippen LogP contribution is 2.30. The molecule has 0 aliphatic heterocycles. The third-order valence-corrected chi connectivity index (χ3v) is 3.27.